The highest BCUT2D eigenvalue weighted by Gasteiger charge is 2.25. The number of hydrogen-bond donors (Lipinski definition) is 2. The highest BCUT2D eigenvalue weighted by molar-refractivity contribution is 6.13. The summed E-state index contributed by atoms with van der Waals surface area (Å²) in [5.74, 6) is 0.303. The van der Waals surface area contributed by atoms with Gasteiger partial charge < -0.3 is 25.0 Å². The van der Waals surface area contributed by atoms with Crippen LogP contribution in [-0.4, -0.2) is 69.6 Å². The number of anilines is 2. The summed E-state index contributed by atoms with van der Waals surface area (Å²) in [7, 11) is 3.02. The predicted molar refractivity (Wildman–Crippen MR) is 133 cm³/mol. The number of aryl methyl sites for hydroxylation is 1. The van der Waals surface area contributed by atoms with E-state index in [-0.39, 0.29) is 11.9 Å². The molecule has 35 heavy (non-hydrogen) atoms. The number of fused-ring (bicyclic) bond motifs is 2. The number of amides is 1. The monoisotopic (exact) mass is 476 g/mol. The van der Waals surface area contributed by atoms with Crippen molar-refractivity contribution >= 4 is 34.0 Å². The molecule has 4 aromatic rings. The molecule has 0 radical (unpaired) electrons. The van der Waals surface area contributed by atoms with Gasteiger partial charge in [0, 0.05) is 48.6 Å². The molecule has 0 unspecified atom stereocenters. The third-order valence-corrected chi connectivity index (χ3v) is 5.99. The molecule has 182 valence electrons. The molecule has 5 rings (SSSR count). The zero-order valence-electron chi connectivity index (χ0n) is 20.4. The van der Waals surface area contributed by atoms with Gasteiger partial charge >= 0.3 is 6.01 Å². The number of benzene rings is 1. The number of carbonyl (C=O) groups excluding carboxylic acids is 1. The Hall–Kier alpha value is -3.99. The number of nitrogens with one attached hydrogen (secondary N) is 2. The van der Waals surface area contributed by atoms with Crippen molar-refractivity contribution in [3.8, 4) is 11.9 Å². The summed E-state index contributed by atoms with van der Waals surface area (Å²) in [5, 5.41) is 7.20. The number of carbonyl (C=O) groups is 1. The first kappa shape index (κ1) is 22.8. The van der Waals surface area contributed by atoms with E-state index in [0.29, 0.717) is 40.5 Å². The summed E-state index contributed by atoms with van der Waals surface area (Å²) in [4.78, 5) is 33.4. The maximum absolute atomic E-state index is 13.4. The van der Waals surface area contributed by atoms with Crippen molar-refractivity contribution in [2.45, 2.75) is 32.9 Å². The van der Waals surface area contributed by atoms with Crippen molar-refractivity contribution in [1.82, 2.24) is 29.7 Å². The molecule has 1 aliphatic heterocycles. The molecule has 0 aliphatic carbocycles. The Labute approximate surface area is 202 Å². The minimum Gasteiger partial charge on any atom is -0.478 e. The molecule has 1 aliphatic rings. The lowest BCUT2D eigenvalue weighted by molar-refractivity contribution is 0.102. The molecule has 1 aromatic carbocycles. The smallest absolute Gasteiger partial charge is 0.316 e. The first-order valence-electron chi connectivity index (χ1n) is 11.4. The molecule has 3 aromatic heterocycles. The van der Waals surface area contributed by atoms with Gasteiger partial charge in [-0.1, -0.05) is 0 Å². The normalized spacial score (nSPS) is 18.1. The fourth-order valence-electron chi connectivity index (χ4n) is 4.64. The topological polar surface area (TPSA) is 119 Å². The molecule has 2 N–H and O–H groups in total. The predicted octanol–water partition coefficient (Wildman–Crippen LogP) is 2.44. The lowest BCUT2D eigenvalue weighted by Gasteiger charge is -2.38. The van der Waals surface area contributed by atoms with E-state index in [2.05, 4.69) is 49.3 Å². The van der Waals surface area contributed by atoms with Crippen LogP contribution in [0.15, 0.2) is 30.7 Å². The third-order valence-electron chi connectivity index (χ3n) is 5.99. The number of hydrogen-bond acceptors (Lipinski definition) is 9. The fraction of sp³-hybridized carbons (Fsp3) is 0.375. The summed E-state index contributed by atoms with van der Waals surface area (Å²) >= 11 is 0. The van der Waals surface area contributed by atoms with Crippen LogP contribution in [0, 0.1) is 6.92 Å². The van der Waals surface area contributed by atoms with Crippen LogP contribution >= 0.6 is 0 Å². The maximum atomic E-state index is 13.4. The van der Waals surface area contributed by atoms with Crippen molar-refractivity contribution in [3.05, 3.63) is 42.0 Å². The van der Waals surface area contributed by atoms with Crippen molar-refractivity contribution in [2.75, 3.05) is 37.5 Å². The lowest BCUT2D eigenvalue weighted by atomic mass is 10.0. The zero-order valence-corrected chi connectivity index (χ0v) is 20.4. The van der Waals surface area contributed by atoms with Crippen molar-refractivity contribution in [1.29, 1.82) is 0 Å². The highest BCUT2D eigenvalue weighted by atomic mass is 16.5. The standard InChI is InChI=1S/C24H28N8O3/c1-13-9-31(10-14(2)26-13)18-7-6-16(20-17(18)8-25-24(30-20)35-5)22(33)28-19-12-32-11-15(3)27-21(32)23(29-19)34-4/h6-8,11-14,26H,9-10H2,1-5H3,(H,28,33)/t13-,14-/m0/s1. The van der Waals surface area contributed by atoms with Gasteiger partial charge in [-0.2, -0.15) is 9.97 Å². The van der Waals surface area contributed by atoms with Crippen LogP contribution in [0.2, 0.25) is 0 Å². The Morgan fingerprint density at radius 2 is 1.86 bits per heavy atom. The number of imidazole rings is 1. The van der Waals surface area contributed by atoms with Crippen LogP contribution in [0.25, 0.3) is 16.6 Å². The number of ether oxygens (including phenoxy) is 2. The first-order valence-corrected chi connectivity index (χ1v) is 11.4. The number of nitrogens with zero attached hydrogens (tertiary/aromatic N) is 6. The molecule has 0 bridgehead atoms. The van der Waals surface area contributed by atoms with Crippen molar-refractivity contribution in [3.63, 3.8) is 0 Å². The summed E-state index contributed by atoms with van der Waals surface area (Å²) in [6.07, 6.45) is 5.25. The van der Waals surface area contributed by atoms with Gasteiger partial charge in [-0.3, -0.25) is 9.20 Å². The number of piperazine rings is 1. The van der Waals surface area contributed by atoms with Gasteiger partial charge in [0.25, 0.3) is 11.8 Å². The molecule has 1 saturated heterocycles. The minimum absolute atomic E-state index is 0.195. The van der Waals surface area contributed by atoms with Crippen LogP contribution in [-0.2, 0) is 0 Å². The Bertz CT molecular complexity index is 1410. The molecule has 4 heterocycles. The molecule has 11 nitrogen and oxygen atoms in total. The van der Waals surface area contributed by atoms with E-state index in [0.717, 1.165) is 29.9 Å². The first-order chi connectivity index (χ1) is 16.9. The second-order valence-corrected chi connectivity index (χ2v) is 8.83. The van der Waals surface area contributed by atoms with Gasteiger partial charge in [-0.15, -0.1) is 0 Å². The average molecular weight is 477 g/mol. The molecule has 0 saturated carbocycles. The van der Waals surface area contributed by atoms with Gasteiger partial charge in [0.1, 0.15) is 0 Å². The molecule has 0 spiro atoms. The maximum Gasteiger partial charge on any atom is 0.316 e. The molecular weight excluding hydrogens is 448 g/mol. The number of rotatable bonds is 5. The van der Waals surface area contributed by atoms with Gasteiger partial charge in [0.2, 0.25) is 5.65 Å². The van der Waals surface area contributed by atoms with Crippen LogP contribution in [0.5, 0.6) is 11.9 Å². The Kier molecular flexibility index (Phi) is 5.85. The van der Waals surface area contributed by atoms with E-state index in [4.69, 9.17) is 9.47 Å². The Balaban J connectivity index is 1.55. The molecule has 1 amide bonds. The summed E-state index contributed by atoms with van der Waals surface area (Å²) in [6.45, 7) is 7.87. The van der Waals surface area contributed by atoms with Crippen LogP contribution in [0.3, 0.4) is 0 Å². The van der Waals surface area contributed by atoms with Crippen LogP contribution < -0.4 is 25.0 Å². The average Bonchev–Trinajstić information content (AvgIpc) is 3.21. The Morgan fingerprint density at radius 1 is 1.09 bits per heavy atom. The van der Waals surface area contributed by atoms with Crippen LogP contribution in [0.4, 0.5) is 11.5 Å². The largest absolute Gasteiger partial charge is 0.478 e. The molecular formula is C24H28N8O3. The van der Waals surface area contributed by atoms with E-state index >= 15 is 0 Å². The van der Waals surface area contributed by atoms with E-state index < -0.39 is 0 Å². The Morgan fingerprint density at radius 3 is 2.57 bits per heavy atom. The molecule has 1 fully saturated rings. The summed E-state index contributed by atoms with van der Waals surface area (Å²) in [6, 6.07) is 4.60. The van der Waals surface area contributed by atoms with Gasteiger partial charge in [0.15, 0.2) is 5.82 Å². The molecule has 11 heteroatoms. The highest BCUT2D eigenvalue weighted by Crippen LogP contribution is 2.31. The second kappa shape index (κ2) is 8.99. The van der Waals surface area contributed by atoms with E-state index in [1.54, 1.807) is 22.9 Å². The van der Waals surface area contributed by atoms with Crippen molar-refractivity contribution < 1.29 is 14.3 Å². The van der Waals surface area contributed by atoms with E-state index in [1.165, 1.54) is 14.2 Å². The van der Waals surface area contributed by atoms with Gasteiger partial charge in [0.05, 0.1) is 37.2 Å². The quantitative estimate of drug-likeness (QED) is 0.448. The SMILES string of the molecule is COc1ncc2c(N3C[C@H](C)N[C@@H](C)C3)ccc(C(=O)Nc3cn4cc(C)nc4c(OC)n3)c2n1. The van der Waals surface area contributed by atoms with Crippen molar-refractivity contribution in [2.24, 2.45) is 0 Å². The van der Waals surface area contributed by atoms with E-state index in [9.17, 15) is 4.79 Å². The lowest BCUT2D eigenvalue weighted by Crippen LogP contribution is -2.54. The summed E-state index contributed by atoms with van der Waals surface area (Å²) in [5.41, 5.74) is 3.28. The minimum atomic E-state index is -0.352. The van der Waals surface area contributed by atoms with Gasteiger partial charge in [-0.25, -0.2) is 9.97 Å². The number of aromatic nitrogens is 5. The van der Waals surface area contributed by atoms with Gasteiger partial charge in [-0.05, 0) is 32.9 Å². The van der Waals surface area contributed by atoms with E-state index in [1.807, 2.05) is 19.2 Å². The zero-order chi connectivity index (χ0) is 24.7. The number of methoxy groups -OCH3 is 2. The fourth-order valence-corrected chi connectivity index (χ4v) is 4.64. The molecule has 2 atom stereocenters. The van der Waals surface area contributed by atoms with Crippen LogP contribution in [0.1, 0.15) is 29.9 Å². The second-order valence-electron chi connectivity index (χ2n) is 8.83. The third kappa shape index (κ3) is 4.30. The summed E-state index contributed by atoms with van der Waals surface area (Å²) < 4.78 is 12.4.